The molecular weight excluding hydrogens is 447 g/mol. The fraction of sp³-hybridized carbons (Fsp3) is 0.0435. The van der Waals surface area contributed by atoms with Crippen LogP contribution in [0.3, 0.4) is 0 Å². The Kier molecular flexibility index (Phi) is 5.82. The number of carbonyl (C=O) groups excluding carboxylic acids is 1. The monoisotopic (exact) mass is 458 g/mol. The van der Waals surface area contributed by atoms with Gasteiger partial charge in [-0.3, -0.25) is 4.79 Å². The average Bonchev–Trinajstić information content (AvgIpc) is 2.74. The average molecular weight is 460 g/mol. The third kappa shape index (κ3) is 4.21. The van der Waals surface area contributed by atoms with Crippen molar-refractivity contribution in [2.24, 2.45) is 0 Å². The van der Waals surface area contributed by atoms with Crippen LogP contribution in [0.15, 0.2) is 75.9 Å². The molecule has 0 atom stereocenters. The Morgan fingerprint density at radius 2 is 1.63 bits per heavy atom. The van der Waals surface area contributed by atoms with Crippen LogP contribution in [0.25, 0.3) is 22.1 Å². The Hall–Kier alpha value is -2.79. The SMILES string of the molecule is O=C(COc1cc2oc(=O)cc(-c3ccccc3)c2cc1Cl)c1ccc(Cl)c(Cl)c1. The van der Waals surface area contributed by atoms with E-state index in [0.29, 0.717) is 27.1 Å². The van der Waals surface area contributed by atoms with Crippen LogP contribution < -0.4 is 10.4 Å². The molecular formula is C23H13Cl3O4. The van der Waals surface area contributed by atoms with Gasteiger partial charge in [-0.2, -0.15) is 0 Å². The summed E-state index contributed by atoms with van der Waals surface area (Å²) in [4.78, 5) is 24.5. The minimum Gasteiger partial charge on any atom is -0.484 e. The van der Waals surface area contributed by atoms with Crippen molar-refractivity contribution in [3.8, 4) is 16.9 Å². The number of rotatable bonds is 5. The molecule has 0 aliphatic carbocycles. The molecule has 0 bridgehead atoms. The molecule has 3 aromatic carbocycles. The van der Waals surface area contributed by atoms with Gasteiger partial charge in [0.15, 0.2) is 12.4 Å². The molecule has 1 heterocycles. The van der Waals surface area contributed by atoms with Gasteiger partial charge in [0.05, 0.1) is 15.1 Å². The van der Waals surface area contributed by atoms with Crippen molar-refractivity contribution in [1.29, 1.82) is 0 Å². The number of ketones is 1. The second kappa shape index (κ2) is 8.52. The molecule has 4 aromatic rings. The van der Waals surface area contributed by atoms with Crippen LogP contribution in [0, 0.1) is 0 Å². The maximum atomic E-state index is 12.4. The molecule has 7 heteroatoms. The first-order valence-electron chi connectivity index (χ1n) is 8.86. The van der Waals surface area contributed by atoms with Gasteiger partial charge in [-0.15, -0.1) is 0 Å². The van der Waals surface area contributed by atoms with E-state index < -0.39 is 5.63 Å². The summed E-state index contributed by atoms with van der Waals surface area (Å²) in [6.45, 7) is -0.272. The fourth-order valence-corrected chi connectivity index (χ4v) is 3.54. The second-order valence-electron chi connectivity index (χ2n) is 6.46. The molecule has 0 N–H and O–H groups in total. The third-order valence-corrected chi connectivity index (χ3v) is 5.52. The molecule has 0 spiro atoms. The molecule has 0 amide bonds. The predicted molar refractivity (Wildman–Crippen MR) is 119 cm³/mol. The molecule has 30 heavy (non-hydrogen) atoms. The highest BCUT2D eigenvalue weighted by Crippen LogP contribution is 2.35. The van der Waals surface area contributed by atoms with Crippen molar-refractivity contribution >= 4 is 51.6 Å². The van der Waals surface area contributed by atoms with Crippen molar-refractivity contribution in [1.82, 2.24) is 0 Å². The largest absolute Gasteiger partial charge is 0.484 e. The van der Waals surface area contributed by atoms with Crippen molar-refractivity contribution in [2.45, 2.75) is 0 Å². The first-order valence-corrected chi connectivity index (χ1v) is 9.99. The van der Waals surface area contributed by atoms with E-state index in [1.54, 1.807) is 18.2 Å². The Labute approximate surface area is 186 Å². The van der Waals surface area contributed by atoms with Gasteiger partial charge >= 0.3 is 5.63 Å². The van der Waals surface area contributed by atoms with Gasteiger partial charge in [0.2, 0.25) is 0 Å². The lowest BCUT2D eigenvalue weighted by molar-refractivity contribution is 0.0921. The van der Waals surface area contributed by atoms with E-state index in [0.717, 1.165) is 5.56 Å². The topological polar surface area (TPSA) is 56.5 Å². The molecule has 0 fully saturated rings. The maximum Gasteiger partial charge on any atom is 0.336 e. The van der Waals surface area contributed by atoms with E-state index in [2.05, 4.69) is 0 Å². The molecule has 4 nitrogen and oxygen atoms in total. The zero-order valence-corrected chi connectivity index (χ0v) is 17.6. The van der Waals surface area contributed by atoms with E-state index in [9.17, 15) is 9.59 Å². The van der Waals surface area contributed by atoms with Crippen LogP contribution in [0.1, 0.15) is 10.4 Å². The number of carbonyl (C=O) groups is 1. The van der Waals surface area contributed by atoms with E-state index in [4.69, 9.17) is 44.0 Å². The van der Waals surface area contributed by atoms with Crippen molar-refractivity contribution in [3.05, 3.63) is 97.8 Å². The number of hydrogen-bond acceptors (Lipinski definition) is 4. The number of benzene rings is 3. The van der Waals surface area contributed by atoms with E-state index in [-0.39, 0.29) is 28.2 Å². The molecule has 0 saturated carbocycles. The zero-order chi connectivity index (χ0) is 21.3. The normalized spacial score (nSPS) is 10.9. The Balaban J connectivity index is 1.66. The summed E-state index contributed by atoms with van der Waals surface area (Å²) < 4.78 is 10.9. The molecule has 4 rings (SSSR count). The van der Waals surface area contributed by atoms with Crippen LogP contribution in [-0.2, 0) is 0 Å². The smallest absolute Gasteiger partial charge is 0.336 e. The van der Waals surface area contributed by atoms with Gasteiger partial charge < -0.3 is 9.15 Å². The summed E-state index contributed by atoms with van der Waals surface area (Å²) in [7, 11) is 0. The van der Waals surface area contributed by atoms with E-state index in [1.165, 1.54) is 18.2 Å². The molecule has 0 aliphatic heterocycles. The third-order valence-electron chi connectivity index (χ3n) is 4.48. The highest BCUT2D eigenvalue weighted by molar-refractivity contribution is 6.42. The van der Waals surface area contributed by atoms with E-state index >= 15 is 0 Å². The summed E-state index contributed by atoms with van der Waals surface area (Å²) in [5, 5.41) is 1.59. The van der Waals surface area contributed by atoms with Crippen LogP contribution in [0.5, 0.6) is 5.75 Å². The Bertz CT molecular complexity index is 1310. The minimum atomic E-state index is -0.499. The van der Waals surface area contributed by atoms with Gasteiger partial charge in [-0.25, -0.2) is 4.79 Å². The lowest BCUT2D eigenvalue weighted by Gasteiger charge is -2.11. The van der Waals surface area contributed by atoms with E-state index in [1.807, 2.05) is 30.3 Å². The minimum absolute atomic E-state index is 0.228. The Morgan fingerprint density at radius 1 is 0.867 bits per heavy atom. The summed E-state index contributed by atoms with van der Waals surface area (Å²) in [5.41, 5.74) is 1.72. The standard InChI is InChI=1S/C23H13Cl3O4/c24-17-7-6-14(8-18(17)25)20(27)12-29-22-11-21-16(9-19(22)26)15(10-23(28)30-21)13-4-2-1-3-5-13/h1-11H,12H2. The number of Topliss-reactive ketones (excluding diaryl/α,β-unsaturated/α-hetero) is 1. The van der Waals surface area contributed by atoms with Gasteiger partial charge in [0, 0.05) is 23.1 Å². The lowest BCUT2D eigenvalue weighted by Crippen LogP contribution is -2.12. The molecule has 1 aromatic heterocycles. The highest BCUT2D eigenvalue weighted by Gasteiger charge is 2.15. The van der Waals surface area contributed by atoms with Gasteiger partial charge in [0.1, 0.15) is 11.3 Å². The number of hydrogen-bond donors (Lipinski definition) is 0. The molecule has 150 valence electrons. The van der Waals surface area contributed by atoms with Gasteiger partial charge in [0.25, 0.3) is 0 Å². The van der Waals surface area contributed by atoms with Crippen molar-refractivity contribution in [3.63, 3.8) is 0 Å². The highest BCUT2D eigenvalue weighted by atomic mass is 35.5. The maximum absolute atomic E-state index is 12.4. The number of halogens is 3. The molecule has 0 saturated heterocycles. The summed E-state index contributed by atoms with van der Waals surface area (Å²) in [5.74, 6) is -0.0739. The van der Waals surface area contributed by atoms with Crippen LogP contribution in [0.2, 0.25) is 15.1 Å². The first-order chi connectivity index (χ1) is 14.4. The molecule has 0 radical (unpaired) electrons. The number of fused-ring (bicyclic) bond motifs is 1. The molecule has 0 unspecified atom stereocenters. The summed E-state index contributed by atoms with van der Waals surface area (Å²) >= 11 is 18.2. The summed E-state index contributed by atoms with van der Waals surface area (Å²) in [6.07, 6.45) is 0. The quantitative estimate of drug-likeness (QED) is 0.247. The second-order valence-corrected chi connectivity index (χ2v) is 7.69. The van der Waals surface area contributed by atoms with Crippen molar-refractivity contribution in [2.75, 3.05) is 6.61 Å². The number of ether oxygens (including phenoxy) is 1. The fourth-order valence-electron chi connectivity index (χ4n) is 3.03. The summed E-state index contributed by atoms with van der Waals surface area (Å²) in [6, 6.07) is 18.6. The van der Waals surface area contributed by atoms with Crippen LogP contribution in [-0.4, -0.2) is 12.4 Å². The molecule has 0 aliphatic rings. The Morgan fingerprint density at radius 3 is 2.37 bits per heavy atom. The van der Waals surface area contributed by atoms with Crippen LogP contribution in [0.4, 0.5) is 0 Å². The van der Waals surface area contributed by atoms with Gasteiger partial charge in [-0.05, 0) is 35.4 Å². The predicted octanol–water partition coefficient (Wildman–Crippen LogP) is 6.68. The lowest BCUT2D eigenvalue weighted by atomic mass is 10.0. The zero-order valence-electron chi connectivity index (χ0n) is 15.3. The van der Waals surface area contributed by atoms with Crippen LogP contribution >= 0.6 is 34.8 Å². The van der Waals surface area contributed by atoms with Crippen molar-refractivity contribution < 1.29 is 13.9 Å². The van der Waals surface area contributed by atoms with Gasteiger partial charge in [-0.1, -0.05) is 65.1 Å². The first kappa shape index (κ1) is 20.5.